The molecule has 0 bridgehead atoms. The van der Waals surface area contributed by atoms with Crippen LogP contribution in [-0.4, -0.2) is 35.9 Å². The van der Waals surface area contributed by atoms with Crippen LogP contribution >= 0.6 is 27.7 Å². The predicted octanol–water partition coefficient (Wildman–Crippen LogP) is 1.10. The number of aromatic nitrogens is 5. The number of benzene rings is 1. The molecule has 12 heteroatoms. The number of nitrogen functional groups attached to an aromatic ring is 1. The molecule has 0 spiro atoms. The molecule has 0 saturated carbocycles. The van der Waals surface area contributed by atoms with Crippen molar-refractivity contribution >= 4 is 39.3 Å². The number of H-pyrrole nitrogens is 1. The van der Waals surface area contributed by atoms with Gasteiger partial charge in [-0.3, -0.25) is 23.8 Å². The number of aromatic amines is 1. The second-order valence-corrected chi connectivity index (χ2v) is 7.84. The Bertz CT molecular complexity index is 1170. The Balaban J connectivity index is 1.64. The topological polar surface area (TPSA) is 138 Å². The zero-order valence-corrected chi connectivity index (χ0v) is 17.9. The number of rotatable bonds is 7. The summed E-state index contributed by atoms with van der Waals surface area (Å²) >= 11 is 4.40. The quantitative estimate of drug-likeness (QED) is 0.378. The Morgan fingerprint density at radius 3 is 2.62 bits per heavy atom. The molecule has 0 atom stereocenters. The van der Waals surface area contributed by atoms with Crippen LogP contribution in [-0.2, 0) is 20.7 Å². The molecular formula is C17H17BrN6O4S. The summed E-state index contributed by atoms with van der Waals surface area (Å²) in [5.74, 6) is 0.376. The lowest BCUT2D eigenvalue weighted by molar-refractivity contribution is 0.102. The van der Waals surface area contributed by atoms with E-state index in [-0.39, 0.29) is 23.7 Å². The summed E-state index contributed by atoms with van der Waals surface area (Å²) in [7, 11) is 2.69. The van der Waals surface area contributed by atoms with Gasteiger partial charge in [0, 0.05) is 18.6 Å². The third-order valence-electron chi connectivity index (χ3n) is 4.02. The van der Waals surface area contributed by atoms with Crippen LogP contribution in [0.2, 0.25) is 0 Å². The number of nitrogens with one attached hydrogen (secondary N) is 1. The molecule has 0 amide bonds. The first-order valence-corrected chi connectivity index (χ1v) is 10.1. The van der Waals surface area contributed by atoms with Gasteiger partial charge in [-0.15, -0.1) is 5.10 Å². The van der Waals surface area contributed by atoms with Gasteiger partial charge < -0.3 is 10.5 Å². The molecule has 3 N–H and O–H groups in total. The molecule has 2 aromatic heterocycles. The second-order valence-electron chi connectivity index (χ2n) is 5.99. The van der Waals surface area contributed by atoms with Crippen molar-refractivity contribution in [2.45, 2.75) is 11.8 Å². The van der Waals surface area contributed by atoms with E-state index < -0.39 is 17.0 Å². The molecule has 152 valence electrons. The van der Waals surface area contributed by atoms with Crippen molar-refractivity contribution in [1.29, 1.82) is 0 Å². The number of hydrogen-bond donors (Lipinski definition) is 2. The standard InChI is InChI=1S/C17H17BrN6O4S/c1-23-14(19)13(15(26)24(2)17(23)27)11(25)8-29-16-20-12(21-22-16)7-28-10-5-3-9(18)4-6-10/h3-6H,7-8,19H2,1-2H3,(H,20,21,22). The Kier molecular flexibility index (Phi) is 6.23. The van der Waals surface area contributed by atoms with E-state index in [4.69, 9.17) is 10.5 Å². The number of thioether (sulfide) groups is 1. The largest absolute Gasteiger partial charge is 0.486 e. The van der Waals surface area contributed by atoms with Gasteiger partial charge in [-0.2, -0.15) is 0 Å². The first-order valence-electron chi connectivity index (χ1n) is 8.29. The third kappa shape index (κ3) is 4.59. The predicted molar refractivity (Wildman–Crippen MR) is 111 cm³/mol. The molecule has 0 radical (unpaired) electrons. The number of carbonyl (C=O) groups excluding carboxylic acids is 1. The summed E-state index contributed by atoms with van der Waals surface area (Å²) < 4.78 is 8.45. The molecule has 0 aliphatic carbocycles. The molecule has 2 heterocycles. The number of halogens is 1. The minimum atomic E-state index is -0.727. The number of ether oxygens (including phenoxy) is 1. The minimum absolute atomic E-state index is 0.109. The van der Waals surface area contributed by atoms with E-state index in [2.05, 4.69) is 31.1 Å². The van der Waals surface area contributed by atoms with E-state index in [1.54, 1.807) is 0 Å². The Morgan fingerprint density at radius 1 is 1.24 bits per heavy atom. The normalized spacial score (nSPS) is 10.9. The maximum atomic E-state index is 12.5. The number of nitrogens with two attached hydrogens (primary N) is 1. The summed E-state index contributed by atoms with van der Waals surface area (Å²) in [6, 6.07) is 7.34. The van der Waals surface area contributed by atoms with Gasteiger partial charge in [0.2, 0.25) is 5.16 Å². The fourth-order valence-electron chi connectivity index (χ4n) is 2.41. The highest BCUT2D eigenvalue weighted by Crippen LogP contribution is 2.18. The maximum absolute atomic E-state index is 12.5. The van der Waals surface area contributed by atoms with Gasteiger partial charge in [-0.05, 0) is 24.3 Å². The van der Waals surface area contributed by atoms with Crippen LogP contribution in [0.4, 0.5) is 5.82 Å². The number of carbonyl (C=O) groups is 1. The maximum Gasteiger partial charge on any atom is 0.332 e. The van der Waals surface area contributed by atoms with Crippen LogP contribution in [0.5, 0.6) is 5.75 Å². The van der Waals surface area contributed by atoms with Crippen molar-refractivity contribution in [1.82, 2.24) is 24.3 Å². The van der Waals surface area contributed by atoms with Gasteiger partial charge in [0.1, 0.15) is 23.7 Å². The zero-order valence-electron chi connectivity index (χ0n) is 15.5. The molecule has 0 fully saturated rings. The van der Waals surface area contributed by atoms with Crippen LogP contribution < -0.4 is 21.7 Å². The number of nitrogens with zero attached hydrogens (tertiary/aromatic N) is 4. The summed E-state index contributed by atoms with van der Waals surface area (Å²) in [4.78, 5) is 40.8. The smallest absolute Gasteiger partial charge is 0.332 e. The first kappa shape index (κ1) is 20.9. The fraction of sp³-hybridized carbons (Fsp3) is 0.235. The van der Waals surface area contributed by atoms with Gasteiger partial charge >= 0.3 is 5.69 Å². The number of hydrogen-bond acceptors (Lipinski definition) is 8. The number of anilines is 1. The van der Waals surface area contributed by atoms with E-state index in [0.29, 0.717) is 16.7 Å². The highest BCUT2D eigenvalue weighted by molar-refractivity contribution is 9.10. The summed E-state index contributed by atoms with van der Waals surface area (Å²) in [6.07, 6.45) is 0. The molecule has 0 saturated heterocycles. The van der Waals surface area contributed by atoms with Crippen molar-refractivity contribution in [3.63, 3.8) is 0 Å². The molecule has 29 heavy (non-hydrogen) atoms. The number of ketones is 1. The van der Waals surface area contributed by atoms with Gasteiger partial charge in [0.25, 0.3) is 5.56 Å². The SMILES string of the molecule is Cn1c(N)c(C(=O)CSc2n[nH]c(COc3ccc(Br)cc3)n2)c(=O)n(C)c1=O. The third-order valence-corrected chi connectivity index (χ3v) is 5.40. The molecule has 3 rings (SSSR count). The van der Waals surface area contributed by atoms with E-state index >= 15 is 0 Å². The zero-order chi connectivity index (χ0) is 21.1. The molecule has 0 aliphatic heterocycles. The monoisotopic (exact) mass is 480 g/mol. The minimum Gasteiger partial charge on any atom is -0.486 e. The van der Waals surface area contributed by atoms with Crippen LogP contribution in [0.15, 0.2) is 43.5 Å². The molecule has 0 aliphatic rings. The van der Waals surface area contributed by atoms with Crippen LogP contribution in [0, 0.1) is 0 Å². The van der Waals surface area contributed by atoms with Crippen LogP contribution in [0.25, 0.3) is 0 Å². The summed E-state index contributed by atoms with van der Waals surface area (Å²) in [5.41, 5.74) is 4.25. The Morgan fingerprint density at radius 2 is 1.93 bits per heavy atom. The molecular weight excluding hydrogens is 464 g/mol. The Hall–Kier alpha value is -2.86. The van der Waals surface area contributed by atoms with Crippen molar-refractivity contribution in [2.24, 2.45) is 14.1 Å². The van der Waals surface area contributed by atoms with Crippen LogP contribution in [0.1, 0.15) is 16.2 Å². The first-order chi connectivity index (χ1) is 13.8. The molecule has 1 aromatic carbocycles. The lowest BCUT2D eigenvalue weighted by Crippen LogP contribution is -2.41. The van der Waals surface area contributed by atoms with Crippen molar-refractivity contribution in [3.05, 3.63) is 61.0 Å². The van der Waals surface area contributed by atoms with Crippen molar-refractivity contribution in [2.75, 3.05) is 11.5 Å². The average molecular weight is 481 g/mol. The highest BCUT2D eigenvalue weighted by Gasteiger charge is 2.20. The summed E-state index contributed by atoms with van der Waals surface area (Å²) in [6.45, 7) is 0.178. The second kappa shape index (κ2) is 8.66. The van der Waals surface area contributed by atoms with Gasteiger partial charge in [0.05, 0.1) is 5.75 Å². The van der Waals surface area contributed by atoms with E-state index in [1.165, 1.54) is 14.1 Å². The fourth-order valence-corrected chi connectivity index (χ4v) is 3.37. The van der Waals surface area contributed by atoms with Gasteiger partial charge in [-0.1, -0.05) is 27.7 Å². The van der Waals surface area contributed by atoms with Gasteiger partial charge in [-0.25, -0.2) is 9.78 Å². The van der Waals surface area contributed by atoms with E-state index in [1.807, 2.05) is 24.3 Å². The molecule has 10 nitrogen and oxygen atoms in total. The highest BCUT2D eigenvalue weighted by atomic mass is 79.9. The summed E-state index contributed by atoms with van der Waals surface area (Å²) in [5, 5.41) is 7.08. The average Bonchev–Trinajstić information content (AvgIpc) is 3.17. The van der Waals surface area contributed by atoms with Crippen LogP contribution in [0.3, 0.4) is 0 Å². The molecule has 3 aromatic rings. The molecule has 0 unspecified atom stereocenters. The lowest BCUT2D eigenvalue weighted by Gasteiger charge is -2.10. The van der Waals surface area contributed by atoms with Crippen molar-refractivity contribution in [3.8, 4) is 5.75 Å². The van der Waals surface area contributed by atoms with E-state index in [0.717, 1.165) is 25.4 Å². The van der Waals surface area contributed by atoms with E-state index in [9.17, 15) is 14.4 Å². The lowest BCUT2D eigenvalue weighted by atomic mass is 10.2. The van der Waals surface area contributed by atoms with Gasteiger partial charge in [0.15, 0.2) is 11.6 Å². The Labute approximate surface area is 177 Å². The van der Waals surface area contributed by atoms with Crippen molar-refractivity contribution < 1.29 is 9.53 Å². The number of Topliss-reactive ketones (excluding diaryl/α,β-unsaturated/α-hetero) is 1.